The topological polar surface area (TPSA) is 114 Å². The Hall–Kier alpha value is -3.56. The summed E-state index contributed by atoms with van der Waals surface area (Å²) in [7, 11) is 0. The van der Waals surface area contributed by atoms with Crippen molar-refractivity contribution >= 4 is 44.0 Å². The fourth-order valence-corrected chi connectivity index (χ4v) is 3.08. The molecule has 2 rings (SSSR count). The summed E-state index contributed by atoms with van der Waals surface area (Å²) in [6.07, 6.45) is 2.90. The van der Waals surface area contributed by atoms with Crippen molar-refractivity contribution in [1.82, 2.24) is 0 Å². The summed E-state index contributed by atoms with van der Waals surface area (Å²) < 4.78 is 13.1. The highest BCUT2D eigenvalue weighted by molar-refractivity contribution is 9.10. The summed E-state index contributed by atoms with van der Waals surface area (Å²) in [5.74, 6) is 0.994. The van der Waals surface area contributed by atoms with E-state index in [2.05, 4.69) is 31.9 Å². The zero-order valence-corrected chi connectivity index (χ0v) is 18.6. The highest BCUT2D eigenvalue weighted by Gasteiger charge is 2.07. The molecule has 0 bridgehead atoms. The molecule has 0 aliphatic carbocycles. The first kappa shape index (κ1) is 22.7. The van der Waals surface area contributed by atoms with Crippen molar-refractivity contribution in [2.45, 2.75) is 0 Å². The van der Waals surface area contributed by atoms with Gasteiger partial charge in [0.2, 0.25) is 0 Å². The zero-order valence-electron chi connectivity index (χ0n) is 15.4. The van der Waals surface area contributed by atoms with E-state index in [1.54, 1.807) is 36.4 Å². The molecule has 0 atom stereocenters. The van der Waals surface area contributed by atoms with Gasteiger partial charge >= 0.3 is 0 Å². The average Bonchev–Trinajstić information content (AvgIpc) is 2.75. The van der Waals surface area contributed by atoms with E-state index in [-0.39, 0.29) is 24.4 Å². The largest absolute Gasteiger partial charge is 0.489 e. The fourth-order valence-electron chi connectivity index (χ4n) is 2.32. The maximum absolute atomic E-state index is 8.97. The zero-order chi connectivity index (χ0) is 21.9. The number of nitrogens with zero attached hydrogens (tertiary/aromatic N) is 4. The Morgan fingerprint density at radius 3 is 1.40 bits per heavy atom. The third kappa shape index (κ3) is 6.50. The van der Waals surface area contributed by atoms with Gasteiger partial charge in [0.15, 0.2) is 0 Å². The van der Waals surface area contributed by atoms with Gasteiger partial charge in [-0.25, -0.2) is 0 Å². The van der Waals surface area contributed by atoms with E-state index in [1.807, 2.05) is 24.3 Å². The fraction of sp³-hybridized carbons (Fsp3) is 0.0909. The molecular formula is C22H12Br2N4O2. The second kappa shape index (κ2) is 11.4. The first-order chi connectivity index (χ1) is 14.5. The summed E-state index contributed by atoms with van der Waals surface area (Å²) in [6.45, 7) is 0.388. The Kier molecular flexibility index (Phi) is 8.67. The van der Waals surface area contributed by atoms with Crippen molar-refractivity contribution in [2.24, 2.45) is 0 Å². The van der Waals surface area contributed by atoms with Gasteiger partial charge in [0.05, 0.1) is 0 Å². The summed E-state index contributed by atoms with van der Waals surface area (Å²) in [5.41, 5.74) is 1.10. The monoisotopic (exact) mass is 522 g/mol. The standard InChI is InChI=1S/C22H12Br2N4O2/c23-19-1-3-21(17(9-19)7-15(11-25)12-26)29-5-6-30-22-4-2-20(24)10-18(22)8-16(13-27)14-28/h1-4,7-10H,5-6H2. The van der Waals surface area contributed by atoms with Crippen molar-refractivity contribution in [1.29, 1.82) is 21.0 Å². The van der Waals surface area contributed by atoms with Gasteiger partial charge in [-0.15, -0.1) is 0 Å². The van der Waals surface area contributed by atoms with Crippen molar-refractivity contribution in [3.05, 3.63) is 67.6 Å². The Bertz CT molecular complexity index is 1050. The molecule has 6 nitrogen and oxygen atoms in total. The van der Waals surface area contributed by atoms with Crippen LogP contribution in [0.25, 0.3) is 12.2 Å². The molecule has 0 radical (unpaired) electrons. The molecular weight excluding hydrogens is 512 g/mol. The van der Waals surface area contributed by atoms with Crippen molar-refractivity contribution in [3.63, 3.8) is 0 Å². The Morgan fingerprint density at radius 2 is 1.07 bits per heavy atom. The van der Waals surface area contributed by atoms with Gasteiger partial charge in [-0.05, 0) is 48.6 Å². The quantitative estimate of drug-likeness (QED) is 0.348. The number of benzene rings is 2. The maximum atomic E-state index is 8.97. The first-order valence-electron chi connectivity index (χ1n) is 8.39. The Balaban J connectivity index is 2.12. The van der Waals surface area contributed by atoms with E-state index >= 15 is 0 Å². The number of allylic oxidation sites excluding steroid dienone is 2. The van der Waals surface area contributed by atoms with Crippen LogP contribution in [0.1, 0.15) is 11.1 Å². The number of rotatable bonds is 7. The summed E-state index contributed by atoms with van der Waals surface area (Å²) >= 11 is 6.71. The Morgan fingerprint density at radius 1 is 0.700 bits per heavy atom. The molecule has 0 amide bonds. The van der Waals surface area contributed by atoms with Crippen LogP contribution in [0.15, 0.2) is 56.5 Å². The molecule has 0 saturated carbocycles. The summed E-state index contributed by atoms with van der Waals surface area (Å²) in [6, 6.07) is 17.8. The Labute approximate surface area is 190 Å². The van der Waals surface area contributed by atoms with Gasteiger partial charge in [-0.1, -0.05) is 31.9 Å². The molecule has 0 N–H and O–H groups in total. The van der Waals surface area contributed by atoms with E-state index in [0.29, 0.717) is 22.6 Å². The molecule has 8 heteroatoms. The van der Waals surface area contributed by atoms with Crippen LogP contribution in [-0.2, 0) is 0 Å². The van der Waals surface area contributed by atoms with Crippen LogP contribution >= 0.6 is 31.9 Å². The van der Waals surface area contributed by atoms with Gasteiger partial charge in [0, 0.05) is 20.1 Å². The minimum Gasteiger partial charge on any atom is -0.489 e. The van der Waals surface area contributed by atoms with Crippen molar-refractivity contribution < 1.29 is 9.47 Å². The number of halogens is 2. The molecule has 0 unspecified atom stereocenters. The first-order valence-corrected chi connectivity index (χ1v) is 9.97. The van der Waals surface area contributed by atoms with Crippen molar-refractivity contribution in [3.8, 4) is 35.8 Å². The van der Waals surface area contributed by atoms with Gasteiger partial charge < -0.3 is 9.47 Å². The van der Waals surface area contributed by atoms with E-state index < -0.39 is 0 Å². The number of hydrogen-bond acceptors (Lipinski definition) is 6. The molecule has 0 aliphatic heterocycles. The molecule has 0 heterocycles. The maximum Gasteiger partial charge on any atom is 0.130 e. The molecule has 0 saturated heterocycles. The molecule has 2 aromatic carbocycles. The molecule has 0 spiro atoms. The van der Waals surface area contributed by atoms with Gasteiger partial charge in [0.1, 0.15) is 60.1 Å². The molecule has 0 fully saturated rings. The van der Waals surface area contributed by atoms with E-state index in [1.165, 1.54) is 12.2 Å². The van der Waals surface area contributed by atoms with Crippen LogP contribution in [0.2, 0.25) is 0 Å². The average molecular weight is 524 g/mol. The number of hydrogen-bond donors (Lipinski definition) is 0. The number of nitriles is 4. The summed E-state index contributed by atoms with van der Waals surface area (Å²) in [4.78, 5) is 0. The van der Waals surface area contributed by atoms with Crippen LogP contribution in [0.5, 0.6) is 11.5 Å². The third-order valence-electron chi connectivity index (χ3n) is 3.62. The van der Waals surface area contributed by atoms with E-state index in [4.69, 9.17) is 30.5 Å². The minimum absolute atomic E-state index is 0.0359. The van der Waals surface area contributed by atoms with E-state index in [0.717, 1.165) is 8.95 Å². The molecule has 0 aliphatic rings. The van der Waals surface area contributed by atoms with Crippen LogP contribution in [-0.4, -0.2) is 13.2 Å². The lowest BCUT2D eigenvalue weighted by Gasteiger charge is -2.12. The lowest BCUT2D eigenvalue weighted by atomic mass is 10.1. The molecule has 146 valence electrons. The van der Waals surface area contributed by atoms with Crippen LogP contribution in [0, 0.1) is 45.3 Å². The molecule has 2 aromatic rings. The second-order valence-electron chi connectivity index (χ2n) is 5.62. The van der Waals surface area contributed by atoms with Gasteiger partial charge in [-0.3, -0.25) is 0 Å². The lowest BCUT2D eigenvalue weighted by Crippen LogP contribution is -2.10. The third-order valence-corrected chi connectivity index (χ3v) is 4.61. The van der Waals surface area contributed by atoms with Gasteiger partial charge in [-0.2, -0.15) is 21.0 Å². The van der Waals surface area contributed by atoms with Gasteiger partial charge in [0.25, 0.3) is 0 Å². The van der Waals surface area contributed by atoms with Crippen LogP contribution in [0.4, 0.5) is 0 Å². The number of ether oxygens (including phenoxy) is 2. The molecule has 30 heavy (non-hydrogen) atoms. The summed E-state index contributed by atoms with van der Waals surface area (Å²) in [5, 5.41) is 35.9. The van der Waals surface area contributed by atoms with Crippen molar-refractivity contribution in [2.75, 3.05) is 13.2 Å². The highest BCUT2D eigenvalue weighted by atomic mass is 79.9. The van der Waals surface area contributed by atoms with Crippen LogP contribution in [0.3, 0.4) is 0 Å². The second-order valence-corrected chi connectivity index (χ2v) is 7.46. The predicted octanol–water partition coefficient (Wildman–Crippen LogP) is 5.53. The SMILES string of the molecule is N#CC(C#N)=Cc1cc(Br)ccc1OCCOc1ccc(Br)cc1C=C(C#N)C#N. The predicted molar refractivity (Wildman–Crippen MR) is 118 cm³/mol. The normalized spacial score (nSPS) is 9.13. The minimum atomic E-state index is -0.0359. The highest BCUT2D eigenvalue weighted by Crippen LogP contribution is 2.27. The lowest BCUT2D eigenvalue weighted by molar-refractivity contribution is 0.216. The van der Waals surface area contributed by atoms with Crippen LogP contribution < -0.4 is 9.47 Å². The van der Waals surface area contributed by atoms with E-state index in [9.17, 15) is 0 Å². The molecule has 0 aromatic heterocycles. The smallest absolute Gasteiger partial charge is 0.130 e.